The summed E-state index contributed by atoms with van der Waals surface area (Å²) in [5, 5.41) is 9.42. The van der Waals surface area contributed by atoms with Crippen molar-refractivity contribution in [1.82, 2.24) is 19.8 Å². The summed E-state index contributed by atoms with van der Waals surface area (Å²) < 4.78 is 2.33. The Labute approximate surface area is 252 Å². The third kappa shape index (κ3) is 5.05. The molecule has 0 saturated carbocycles. The van der Waals surface area contributed by atoms with Gasteiger partial charge in [0.05, 0.1) is 17.8 Å². The molecule has 2 N–H and O–H groups in total. The number of benzene rings is 3. The van der Waals surface area contributed by atoms with Gasteiger partial charge in [0.25, 0.3) is 0 Å². The van der Waals surface area contributed by atoms with Gasteiger partial charge in [-0.2, -0.15) is 0 Å². The second-order valence-electron chi connectivity index (χ2n) is 11.0. The van der Waals surface area contributed by atoms with E-state index >= 15 is 0 Å². The van der Waals surface area contributed by atoms with Gasteiger partial charge in [0.1, 0.15) is 0 Å². The first-order chi connectivity index (χ1) is 20.3. The van der Waals surface area contributed by atoms with E-state index in [1.807, 2.05) is 54.7 Å². The maximum atomic E-state index is 13.3. The minimum absolute atomic E-state index is 0.0463. The summed E-state index contributed by atoms with van der Waals surface area (Å²) in [6.07, 6.45) is 2.11. The number of amides is 1. The molecule has 3 heterocycles. The van der Waals surface area contributed by atoms with Crippen molar-refractivity contribution in [3.05, 3.63) is 125 Å². The average Bonchev–Trinajstić information content (AvgIpc) is 3.48. The Morgan fingerprint density at radius 2 is 1.71 bits per heavy atom. The van der Waals surface area contributed by atoms with Crippen molar-refractivity contribution >= 4 is 39.7 Å². The second-order valence-corrected chi connectivity index (χ2v) is 11.4. The molecule has 7 heteroatoms. The van der Waals surface area contributed by atoms with Gasteiger partial charge < -0.3 is 20.1 Å². The first kappa shape index (κ1) is 27.7. The fourth-order valence-corrected chi connectivity index (χ4v) is 6.52. The third-order valence-corrected chi connectivity index (χ3v) is 8.80. The largest absolute Gasteiger partial charge is 0.352 e. The molecule has 1 aliphatic rings. The Kier molecular flexibility index (Phi) is 7.52. The van der Waals surface area contributed by atoms with Gasteiger partial charge in [-0.15, -0.1) is 0 Å². The Balaban J connectivity index is 1.33. The molecule has 0 spiro atoms. The molecule has 212 valence electrons. The average molecular weight is 574 g/mol. The van der Waals surface area contributed by atoms with Crippen molar-refractivity contribution in [2.24, 2.45) is 0 Å². The maximum Gasteiger partial charge on any atom is 0.226 e. The molecule has 1 amide bonds. The lowest BCUT2D eigenvalue weighted by Gasteiger charge is -2.28. The standard InChI is InChI=1S/C35H35N5OS/c1-22-11-9-17-31(24(22)3)40-23(2)21-28(25(40)4)34-33(30-15-7-8-19-36-30)38-35(42)39(34)20-18-32(41)37-29-16-10-13-26-12-5-6-14-27(26)29/h5-17,19,21,33-34H,18,20H2,1-4H3,(H,37,41)(H,38,42)/t33-,34+/m1/s1. The SMILES string of the molecule is Cc1cccc(-n2c(C)cc([C@H]3[C@@H](c4ccccn4)NC(=S)N3CCC(=O)Nc3cccc4ccccc34)c2C)c1C. The molecule has 5 aromatic rings. The highest BCUT2D eigenvalue weighted by atomic mass is 32.1. The summed E-state index contributed by atoms with van der Waals surface area (Å²) in [5.41, 5.74) is 8.92. The number of carbonyl (C=O) groups is 1. The highest BCUT2D eigenvalue weighted by molar-refractivity contribution is 7.80. The number of rotatable bonds is 7. The Hall–Kier alpha value is -4.49. The quantitative estimate of drug-likeness (QED) is 0.201. The number of aromatic nitrogens is 2. The molecular weight excluding hydrogens is 538 g/mol. The monoisotopic (exact) mass is 573 g/mol. The van der Waals surface area contributed by atoms with Crippen LogP contribution >= 0.6 is 12.2 Å². The topological polar surface area (TPSA) is 62.2 Å². The number of aryl methyl sites for hydroxylation is 2. The Bertz CT molecular complexity index is 1790. The zero-order chi connectivity index (χ0) is 29.4. The number of hydrogen-bond acceptors (Lipinski definition) is 3. The van der Waals surface area contributed by atoms with Gasteiger partial charge in [-0.25, -0.2) is 0 Å². The van der Waals surface area contributed by atoms with E-state index in [4.69, 9.17) is 17.2 Å². The van der Waals surface area contributed by atoms with E-state index in [0.717, 1.165) is 33.5 Å². The van der Waals surface area contributed by atoms with Crippen molar-refractivity contribution in [3.8, 4) is 5.69 Å². The number of fused-ring (bicyclic) bond motifs is 1. The predicted molar refractivity (Wildman–Crippen MR) is 174 cm³/mol. The molecule has 42 heavy (non-hydrogen) atoms. The van der Waals surface area contributed by atoms with Crippen molar-refractivity contribution in [1.29, 1.82) is 0 Å². The number of nitrogens with one attached hydrogen (secondary N) is 2. The molecule has 0 bridgehead atoms. The minimum atomic E-state index is -0.146. The minimum Gasteiger partial charge on any atom is -0.352 e. The molecule has 2 atom stereocenters. The van der Waals surface area contributed by atoms with E-state index in [0.29, 0.717) is 18.1 Å². The lowest BCUT2D eigenvalue weighted by atomic mass is 9.96. The van der Waals surface area contributed by atoms with Crippen LogP contribution in [0.1, 0.15) is 52.3 Å². The lowest BCUT2D eigenvalue weighted by molar-refractivity contribution is -0.116. The van der Waals surface area contributed by atoms with Crippen molar-refractivity contribution in [2.45, 2.75) is 46.2 Å². The maximum absolute atomic E-state index is 13.3. The molecule has 0 aliphatic carbocycles. The highest BCUT2D eigenvalue weighted by Gasteiger charge is 2.41. The Morgan fingerprint density at radius 3 is 2.52 bits per heavy atom. The van der Waals surface area contributed by atoms with Gasteiger partial charge in [0, 0.05) is 47.3 Å². The molecule has 6 rings (SSSR count). The smallest absolute Gasteiger partial charge is 0.226 e. The summed E-state index contributed by atoms with van der Waals surface area (Å²) >= 11 is 5.90. The van der Waals surface area contributed by atoms with E-state index in [-0.39, 0.29) is 18.0 Å². The molecule has 0 radical (unpaired) electrons. The molecule has 3 aromatic carbocycles. The van der Waals surface area contributed by atoms with Crippen LogP contribution in [0.2, 0.25) is 0 Å². The van der Waals surface area contributed by atoms with E-state index < -0.39 is 0 Å². The lowest BCUT2D eigenvalue weighted by Crippen LogP contribution is -2.33. The van der Waals surface area contributed by atoms with Crippen LogP contribution < -0.4 is 10.6 Å². The molecule has 0 unspecified atom stereocenters. The highest BCUT2D eigenvalue weighted by Crippen LogP contribution is 2.41. The van der Waals surface area contributed by atoms with Crippen molar-refractivity contribution < 1.29 is 4.79 Å². The fourth-order valence-electron chi connectivity index (χ4n) is 6.19. The van der Waals surface area contributed by atoms with Crippen LogP contribution in [-0.4, -0.2) is 32.0 Å². The number of pyridine rings is 1. The van der Waals surface area contributed by atoms with Crippen LogP contribution in [0, 0.1) is 27.7 Å². The zero-order valence-electron chi connectivity index (χ0n) is 24.4. The third-order valence-electron chi connectivity index (χ3n) is 8.45. The van der Waals surface area contributed by atoms with Gasteiger partial charge in [-0.3, -0.25) is 9.78 Å². The van der Waals surface area contributed by atoms with E-state index in [9.17, 15) is 4.79 Å². The van der Waals surface area contributed by atoms with Crippen LogP contribution in [0.15, 0.2) is 91.1 Å². The van der Waals surface area contributed by atoms with Gasteiger partial charge in [0.15, 0.2) is 5.11 Å². The van der Waals surface area contributed by atoms with Crippen LogP contribution in [-0.2, 0) is 4.79 Å². The number of hydrogen-bond donors (Lipinski definition) is 2. The van der Waals surface area contributed by atoms with E-state index in [2.05, 4.69) is 84.2 Å². The first-order valence-corrected chi connectivity index (χ1v) is 14.8. The zero-order valence-corrected chi connectivity index (χ0v) is 25.2. The summed E-state index contributed by atoms with van der Waals surface area (Å²) in [6.45, 7) is 9.12. The summed E-state index contributed by atoms with van der Waals surface area (Å²) in [4.78, 5) is 20.1. The van der Waals surface area contributed by atoms with Crippen LogP contribution in [0.4, 0.5) is 5.69 Å². The van der Waals surface area contributed by atoms with Crippen LogP contribution in [0.3, 0.4) is 0 Å². The van der Waals surface area contributed by atoms with E-state index in [1.54, 1.807) is 0 Å². The molecule has 2 aromatic heterocycles. The second kappa shape index (κ2) is 11.4. The molecule has 1 aliphatic heterocycles. The molecule has 1 fully saturated rings. The summed E-state index contributed by atoms with van der Waals surface area (Å²) in [6, 6.07) is 28.4. The number of carbonyl (C=O) groups excluding carboxylic acids is 1. The molecule has 6 nitrogen and oxygen atoms in total. The number of nitrogens with zero attached hydrogens (tertiary/aromatic N) is 3. The van der Waals surface area contributed by atoms with Gasteiger partial charge in [-0.05, 0) is 92.3 Å². The summed E-state index contributed by atoms with van der Waals surface area (Å²) in [7, 11) is 0. The van der Waals surface area contributed by atoms with Gasteiger partial charge in [0.2, 0.25) is 5.91 Å². The first-order valence-electron chi connectivity index (χ1n) is 14.3. The molecule has 1 saturated heterocycles. The van der Waals surface area contributed by atoms with Gasteiger partial charge in [-0.1, -0.05) is 54.6 Å². The predicted octanol–water partition coefficient (Wildman–Crippen LogP) is 7.26. The van der Waals surface area contributed by atoms with Gasteiger partial charge >= 0.3 is 0 Å². The van der Waals surface area contributed by atoms with Crippen LogP contribution in [0.5, 0.6) is 0 Å². The van der Waals surface area contributed by atoms with Crippen LogP contribution in [0.25, 0.3) is 16.5 Å². The molecular formula is C35H35N5OS. The van der Waals surface area contributed by atoms with Crippen molar-refractivity contribution in [2.75, 3.05) is 11.9 Å². The van der Waals surface area contributed by atoms with Crippen molar-refractivity contribution in [3.63, 3.8) is 0 Å². The fraction of sp³-hybridized carbons (Fsp3) is 0.229. The Morgan fingerprint density at radius 1 is 0.952 bits per heavy atom. The normalized spacial score (nSPS) is 16.6. The van der Waals surface area contributed by atoms with E-state index in [1.165, 1.54) is 22.4 Å². The summed E-state index contributed by atoms with van der Waals surface area (Å²) in [5.74, 6) is -0.0463. The number of anilines is 1. The number of thiocarbonyl (C=S) groups is 1.